The van der Waals surface area contributed by atoms with E-state index in [4.69, 9.17) is 5.11 Å². The van der Waals surface area contributed by atoms with Gasteiger partial charge in [-0.25, -0.2) is 0 Å². The van der Waals surface area contributed by atoms with Crippen LogP contribution >= 0.6 is 0 Å². The summed E-state index contributed by atoms with van der Waals surface area (Å²) in [5.41, 5.74) is -0.118. The van der Waals surface area contributed by atoms with Crippen molar-refractivity contribution < 1.29 is 19.6 Å². The van der Waals surface area contributed by atoms with Crippen molar-refractivity contribution >= 4 is 17.6 Å². The fourth-order valence-corrected chi connectivity index (χ4v) is 1.56. The van der Waals surface area contributed by atoms with Gasteiger partial charge in [0.15, 0.2) is 0 Å². The van der Waals surface area contributed by atoms with E-state index in [0.29, 0.717) is 13.0 Å². The first-order valence-electron chi connectivity index (χ1n) is 6.02. The number of amides is 1. The number of carbonyl (C=O) groups is 2. The van der Waals surface area contributed by atoms with Crippen LogP contribution in [0.1, 0.15) is 19.3 Å². The molecule has 0 unspecified atom stereocenters. The summed E-state index contributed by atoms with van der Waals surface area (Å²) in [5.74, 6) is -1.05. The van der Waals surface area contributed by atoms with E-state index in [2.05, 4.69) is 5.10 Å². The lowest BCUT2D eigenvalue weighted by Crippen LogP contribution is -2.28. The van der Waals surface area contributed by atoms with Gasteiger partial charge in [-0.15, -0.1) is 0 Å². The average molecular weight is 284 g/mol. The average Bonchev–Trinajstić information content (AvgIpc) is 2.84. The second-order valence-corrected chi connectivity index (χ2v) is 4.28. The van der Waals surface area contributed by atoms with Crippen molar-refractivity contribution in [3.8, 4) is 0 Å². The molecule has 9 nitrogen and oxygen atoms in total. The predicted octanol–water partition coefficient (Wildman–Crippen LogP) is 0.505. The number of aryl methyl sites for hydroxylation is 1. The molecule has 0 radical (unpaired) electrons. The van der Waals surface area contributed by atoms with Gasteiger partial charge in [-0.3, -0.25) is 24.4 Å². The first-order chi connectivity index (χ1) is 9.40. The summed E-state index contributed by atoms with van der Waals surface area (Å²) in [6.07, 6.45) is 2.95. The van der Waals surface area contributed by atoms with Crippen LogP contribution in [0, 0.1) is 10.1 Å². The Morgan fingerprint density at radius 2 is 2.20 bits per heavy atom. The Hall–Kier alpha value is -2.45. The second-order valence-electron chi connectivity index (χ2n) is 4.28. The van der Waals surface area contributed by atoms with E-state index < -0.39 is 10.9 Å². The summed E-state index contributed by atoms with van der Waals surface area (Å²) in [5, 5.41) is 22.7. The summed E-state index contributed by atoms with van der Waals surface area (Å²) < 4.78 is 1.33. The molecule has 110 valence electrons. The van der Waals surface area contributed by atoms with Crippen LogP contribution < -0.4 is 0 Å². The van der Waals surface area contributed by atoms with Crippen LogP contribution in [0.2, 0.25) is 0 Å². The summed E-state index contributed by atoms with van der Waals surface area (Å²) in [4.78, 5) is 33.4. The van der Waals surface area contributed by atoms with Crippen LogP contribution in [-0.2, 0) is 16.1 Å². The highest BCUT2D eigenvalue weighted by atomic mass is 16.6. The number of nitrogens with zero attached hydrogens (tertiary/aromatic N) is 4. The molecule has 0 aliphatic carbocycles. The summed E-state index contributed by atoms with van der Waals surface area (Å²) in [7, 11) is 1.59. The van der Waals surface area contributed by atoms with Crippen LogP contribution in [0.15, 0.2) is 12.4 Å². The van der Waals surface area contributed by atoms with Crippen molar-refractivity contribution in [2.24, 2.45) is 0 Å². The zero-order chi connectivity index (χ0) is 15.1. The van der Waals surface area contributed by atoms with Gasteiger partial charge < -0.3 is 10.0 Å². The van der Waals surface area contributed by atoms with Crippen molar-refractivity contribution in [2.75, 3.05) is 13.6 Å². The predicted molar refractivity (Wildman–Crippen MR) is 68.0 cm³/mol. The number of carbonyl (C=O) groups excluding carboxylic acids is 1. The lowest BCUT2D eigenvalue weighted by Gasteiger charge is -2.16. The minimum atomic E-state index is -0.894. The molecular formula is C11H16N4O5. The van der Waals surface area contributed by atoms with Crippen LogP contribution in [0.5, 0.6) is 0 Å². The van der Waals surface area contributed by atoms with Crippen LogP contribution in [-0.4, -0.2) is 50.2 Å². The lowest BCUT2D eigenvalue weighted by molar-refractivity contribution is -0.385. The summed E-state index contributed by atoms with van der Waals surface area (Å²) >= 11 is 0. The van der Waals surface area contributed by atoms with Gasteiger partial charge in [0, 0.05) is 33.0 Å². The van der Waals surface area contributed by atoms with E-state index in [-0.39, 0.29) is 31.0 Å². The van der Waals surface area contributed by atoms with Crippen molar-refractivity contribution in [1.29, 1.82) is 0 Å². The third-order valence-electron chi connectivity index (χ3n) is 2.70. The van der Waals surface area contributed by atoms with Crippen LogP contribution in [0.3, 0.4) is 0 Å². The van der Waals surface area contributed by atoms with Crippen molar-refractivity contribution in [2.45, 2.75) is 25.8 Å². The molecule has 1 aromatic rings. The fraction of sp³-hybridized carbons (Fsp3) is 0.545. The van der Waals surface area contributed by atoms with Crippen molar-refractivity contribution in [1.82, 2.24) is 14.7 Å². The number of carboxylic acids is 1. The molecule has 0 saturated carbocycles. The molecule has 0 atom stereocenters. The van der Waals surface area contributed by atoms with Crippen molar-refractivity contribution in [3.05, 3.63) is 22.5 Å². The molecule has 1 N–H and O–H groups in total. The third kappa shape index (κ3) is 5.04. The van der Waals surface area contributed by atoms with Gasteiger partial charge in [-0.05, 0) is 6.42 Å². The quantitative estimate of drug-likeness (QED) is 0.548. The van der Waals surface area contributed by atoms with Crippen molar-refractivity contribution in [3.63, 3.8) is 0 Å². The molecule has 9 heteroatoms. The molecule has 0 aliphatic rings. The van der Waals surface area contributed by atoms with E-state index >= 15 is 0 Å². The van der Waals surface area contributed by atoms with E-state index in [9.17, 15) is 19.7 Å². The number of aliphatic carboxylic acids is 1. The maximum atomic E-state index is 11.7. The molecule has 0 bridgehead atoms. The number of nitro groups is 1. The molecule has 0 aliphatic heterocycles. The van der Waals surface area contributed by atoms with Gasteiger partial charge in [0.05, 0.1) is 4.92 Å². The SMILES string of the molecule is CN(CCCC(=O)O)C(=O)CCn1cc([N+](=O)[O-])cn1. The Labute approximate surface area is 114 Å². The Kier molecular flexibility index (Phi) is 5.63. The maximum Gasteiger partial charge on any atom is 0.306 e. The monoisotopic (exact) mass is 284 g/mol. The molecule has 1 rings (SSSR count). The molecule has 0 spiro atoms. The zero-order valence-corrected chi connectivity index (χ0v) is 11.1. The number of hydrogen-bond acceptors (Lipinski definition) is 5. The maximum absolute atomic E-state index is 11.7. The highest BCUT2D eigenvalue weighted by molar-refractivity contribution is 5.75. The molecule has 20 heavy (non-hydrogen) atoms. The minimum Gasteiger partial charge on any atom is -0.481 e. The van der Waals surface area contributed by atoms with E-state index in [1.165, 1.54) is 15.8 Å². The van der Waals surface area contributed by atoms with E-state index in [1.54, 1.807) is 7.05 Å². The second kappa shape index (κ2) is 7.22. The fourth-order valence-electron chi connectivity index (χ4n) is 1.56. The van der Waals surface area contributed by atoms with Gasteiger partial charge >= 0.3 is 11.7 Å². The molecular weight excluding hydrogens is 268 g/mol. The Morgan fingerprint density at radius 3 is 2.75 bits per heavy atom. The van der Waals surface area contributed by atoms with E-state index in [0.717, 1.165) is 6.20 Å². The normalized spacial score (nSPS) is 10.2. The number of rotatable bonds is 8. The van der Waals surface area contributed by atoms with Gasteiger partial charge in [0.2, 0.25) is 5.91 Å². The largest absolute Gasteiger partial charge is 0.481 e. The Bertz CT molecular complexity index is 499. The number of aromatic nitrogens is 2. The molecule has 1 aromatic heterocycles. The summed E-state index contributed by atoms with van der Waals surface area (Å²) in [6, 6.07) is 0. The van der Waals surface area contributed by atoms with Gasteiger partial charge in [-0.1, -0.05) is 0 Å². The highest BCUT2D eigenvalue weighted by Crippen LogP contribution is 2.08. The van der Waals surface area contributed by atoms with Gasteiger partial charge in [0.25, 0.3) is 0 Å². The van der Waals surface area contributed by atoms with Crippen LogP contribution in [0.25, 0.3) is 0 Å². The Morgan fingerprint density at radius 1 is 1.50 bits per heavy atom. The molecule has 0 saturated heterocycles. The number of carboxylic acid groups (broad SMARTS) is 1. The first-order valence-corrected chi connectivity index (χ1v) is 6.02. The summed E-state index contributed by atoms with van der Waals surface area (Å²) in [6.45, 7) is 0.611. The molecule has 0 aromatic carbocycles. The smallest absolute Gasteiger partial charge is 0.306 e. The third-order valence-corrected chi connectivity index (χ3v) is 2.70. The topological polar surface area (TPSA) is 119 Å². The zero-order valence-electron chi connectivity index (χ0n) is 11.1. The molecule has 1 amide bonds. The van der Waals surface area contributed by atoms with Gasteiger partial charge in [0.1, 0.15) is 12.4 Å². The molecule has 0 fully saturated rings. The Balaban J connectivity index is 2.34. The standard InChI is InChI=1S/C11H16N4O5/c1-13(5-2-3-11(17)18)10(16)4-6-14-8-9(7-12-14)15(19)20/h7-8H,2-6H2,1H3,(H,17,18). The van der Waals surface area contributed by atoms with Gasteiger partial charge in [-0.2, -0.15) is 5.10 Å². The van der Waals surface area contributed by atoms with Crippen LogP contribution in [0.4, 0.5) is 5.69 Å². The minimum absolute atomic E-state index is 0.0168. The molecule has 1 heterocycles. The van der Waals surface area contributed by atoms with E-state index in [1.807, 2.05) is 0 Å². The highest BCUT2D eigenvalue weighted by Gasteiger charge is 2.12. The first kappa shape index (κ1) is 15.6. The number of hydrogen-bond donors (Lipinski definition) is 1. The lowest BCUT2D eigenvalue weighted by atomic mass is 10.3.